The highest BCUT2D eigenvalue weighted by atomic mass is 16.6. The molecule has 14 nitrogen and oxygen atoms in total. The van der Waals surface area contributed by atoms with Crippen molar-refractivity contribution in [2.45, 2.75) is 125 Å². The molecule has 0 saturated carbocycles. The number of carbonyl (C=O) groups is 5. The predicted octanol–water partition coefficient (Wildman–Crippen LogP) is 2.81. The predicted molar refractivity (Wildman–Crippen MR) is 196 cm³/mol. The number of esters is 4. The van der Waals surface area contributed by atoms with Gasteiger partial charge in [0.25, 0.3) is 0 Å². The number of rotatable bonds is 11. The first-order valence-corrected chi connectivity index (χ1v) is 18.2. The lowest BCUT2D eigenvalue weighted by Gasteiger charge is -2.35. The molecule has 14 heteroatoms. The maximum Gasteiger partial charge on any atom is 0.326 e. The van der Waals surface area contributed by atoms with Crippen LogP contribution in [-0.2, 0) is 42.9 Å². The molecule has 1 aliphatic rings. The molecule has 0 N–H and O–H groups in total. The van der Waals surface area contributed by atoms with Crippen molar-refractivity contribution in [1.29, 1.82) is 0 Å². The van der Waals surface area contributed by atoms with Crippen molar-refractivity contribution < 1.29 is 42.9 Å². The molecule has 0 spiro atoms. The molecule has 1 amide bonds. The van der Waals surface area contributed by atoms with Gasteiger partial charge in [-0.15, -0.1) is 0 Å². The molecule has 1 heterocycles. The molecule has 0 radical (unpaired) electrons. The first kappa shape index (κ1) is 46.2. The molecule has 1 rings (SSSR count). The molecule has 0 bridgehead atoms. The molecule has 0 unspecified atom stereocenters. The van der Waals surface area contributed by atoms with Gasteiger partial charge < -0.3 is 23.8 Å². The Morgan fingerprint density at radius 2 is 0.686 bits per heavy atom. The van der Waals surface area contributed by atoms with Crippen LogP contribution in [0.2, 0.25) is 0 Å². The van der Waals surface area contributed by atoms with Gasteiger partial charge in [0.15, 0.2) is 0 Å². The lowest BCUT2D eigenvalue weighted by atomic mass is 10.2. The van der Waals surface area contributed by atoms with E-state index in [1.807, 2.05) is 95.8 Å². The van der Waals surface area contributed by atoms with Crippen LogP contribution >= 0.6 is 0 Å². The Morgan fingerprint density at radius 3 is 0.922 bits per heavy atom. The fourth-order valence-electron chi connectivity index (χ4n) is 5.23. The average Bonchev–Trinajstić information content (AvgIpc) is 2.88. The van der Waals surface area contributed by atoms with Gasteiger partial charge in [-0.05, 0) is 96.9 Å². The van der Waals surface area contributed by atoms with Gasteiger partial charge in [0, 0.05) is 58.4 Å². The van der Waals surface area contributed by atoms with E-state index in [9.17, 15) is 24.0 Å². The second-order valence-electron chi connectivity index (χ2n) is 17.6. The quantitative estimate of drug-likeness (QED) is 0.228. The van der Waals surface area contributed by atoms with E-state index in [0.717, 1.165) is 0 Å². The fraction of sp³-hybridized carbons (Fsp3) is 0.865. The van der Waals surface area contributed by atoms with Crippen molar-refractivity contribution in [2.24, 2.45) is 0 Å². The Bertz CT molecular complexity index is 1100. The van der Waals surface area contributed by atoms with E-state index in [1.165, 1.54) is 4.90 Å². The van der Waals surface area contributed by atoms with Gasteiger partial charge in [-0.2, -0.15) is 0 Å². The first-order valence-electron chi connectivity index (χ1n) is 18.2. The van der Waals surface area contributed by atoms with Crippen LogP contribution in [0.1, 0.15) is 96.9 Å². The van der Waals surface area contributed by atoms with Crippen LogP contribution in [0.4, 0.5) is 0 Å². The monoisotopic (exact) mass is 728 g/mol. The standard InChI is InChI=1S/C37H69N5O9/c1-28(2)42(27-33(47)51-37(12,13)14)29(43)23-38-15-17-39(24-30(44)48-34(3,4)5)19-21-41(26-32(46)50-36(9,10)11)22-20-40(18-16-38)25-31(45)49-35(6,7)8/h28H,15-27H2,1-14H3. The molecule has 0 atom stereocenters. The van der Waals surface area contributed by atoms with Crippen LogP contribution in [0.15, 0.2) is 0 Å². The zero-order chi connectivity index (χ0) is 39.4. The van der Waals surface area contributed by atoms with Crippen LogP contribution in [0.3, 0.4) is 0 Å². The van der Waals surface area contributed by atoms with E-state index in [0.29, 0.717) is 52.4 Å². The molecular formula is C37H69N5O9. The molecule has 51 heavy (non-hydrogen) atoms. The molecule has 1 fully saturated rings. The topological polar surface area (TPSA) is 138 Å². The number of ether oxygens (including phenoxy) is 4. The minimum Gasteiger partial charge on any atom is -0.459 e. The Morgan fingerprint density at radius 1 is 0.451 bits per heavy atom. The molecule has 1 saturated heterocycles. The molecule has 0 aromatic heterocycles. The zero-order valence-corrected chi connectivity index (χ0v) is 34.2. The van der Waals surface area contributed by atoms with Crippen molar-refractivity contribution >= 4 is 29.8 Å². The van der Waals surface area contributed by atoms with E-state index in [-0.39, 0.29) is 62.6 Å². The van der Waals surface area contributed by atoms with Gasteiger partial charge in [-0.3, -0.25) is 43.6 Å². The molecule has 296 valence electrons. The van der Waals surface area contributed by atoms with E-state index < -0.39 is 28.4 Å². The second kappa shape index (κ2) is 19.9. The Labute approximate surface area is 307 Å². The smallest absolute Gasteiger partial charge is 0.326 e. The minimum absolute atomic E-state index is 0.0201. The number of carbonyl (C=O) groups excluding carboxylic acids is 5. The van der Waals surface area contributed by atoms with E-state index >= 15 is 0 Å². The maximum atomic E-state index is 13.8. The summed E-state index contributed by atoms with van der Waals surface area (Å²) in [6.07, 6.45) is 0. The number of hydrogen-bond donors (Lipinski definition) is 0. The summed E-state index contributed by atoms with van der Waals surface area (Å²) in [5, 5.41) is 0. The maximum absolute atomic E-state index is 13.8. The number of nitrogens with zero attached hydrogens (tertiary/aromatic N) is 5. The highest BCUT2D eigenvalue weighted by Crippen LogP contribution is 2.13. The van der Waals surface area contributed by atoms with Gasteiger partial charge >= 0.3 is 23.9 Å². The normalized spacial score (nSPS) is 17.2. The minimum atomic E-state index is -0.683. The van der Waals surface area contributed by atoms with Gasteiger partial charge in [0.05, 0.1) is 26.2 Å². The summed E-state index contributed by atoms with van der Waals surface area (Å²) in [5.74, 6) is -1.83. The van der Waals surface area contributed by atoms with Crippen molar-refractivity contribution in [1.82, 2.24) is 24.5 Å². The second-order valence-corrected chi connectivity index (χ2v) is 17.6. The Hall–Kier alpha value is -2.81. The summed E-state index contributed by atoms with van der Waals surface area (Å²) in [6, 6.07) is -0.249. The van der Waals surface area contributed by atoms with Crippen molar-refractivity contribution in [3.8, 4) is 0 Å². The molecule has 0 aromatic rings. The largest absolute Gasteiger partial charge is 0.459 e. The summed E-state index contributed by atoms with van der Waals surface area (Å²) < 4.78 is 22.4. The summed E-state index contributed by atoms with van der Waals surface area (Å²) >= 11 is 0. The summed E-state index contributed by atoms with van der Waals surface area (Å²) in [5.41, 5.74) is -2.64. The van der Waals surface area contributed by atoms with E-state index in [4.69, 9.17) is 18.9 Å². The average molecular weight is 728 g/mol. The Kier molecular flexibility index (Phi) is 18.0. The lowest BCUT2D eigenvalue weighted by molar-refractivity contribution is -0.160. The number of amides is 1. The van der Waals surface area contributed by atoms with Crippen LogP contribution in [0.25, 0.3) is 0 Å². The summed E-state index contributed by atoms with van der Waals surface area (Å²) in [4.78, 5) is 74.7. The molecule has 0 aliphatic carbocycles. The third-order valence-corrected chi connectivity index (χ3v) is 7.27. The fourth-order valence-corrected chi connectivity index (χ4v) is 5.23. The van der Waals surface area contributed by atoms with E-state index in [2.05, 4.69) is 0 Å². The molecular weight excluding hydrogens is 658 g/mol. The van der Waals surface area contributed by atoms with Gasteiger partial charge in [0.2, 0.25) is 5.91 Å². The van der Waals surface area contributed by atoms with Gasteiger partial charge in [0.1, 0.15) is 28.9 Å². The summed E-state index contributed by atoms with van der Waals surface area (Å²) in [6.45, 7) is 28.8. The first-order chi connectivity index (χ1) is 23.1. The SMILES string of the molecule is CC(C)N(CC(=O)OC(C)(C)C)C(=O)CN1CCN(CC(=O)OC(C)(C)C)CCN(CC(=O)OC(C)(C)C)CCN(CC(=O)OC(C)(C)C)CC1. The van der Waals surface area contributed by atoms with Crippen LogP contribution < -0.4 is 0 Å². The van der Waals surface area contributed by atoms with Gasteiger partial charge in [-0.25, -0.2) is 0 Å². The van der Waals surface area contributed by atoms with Crippen molar-refractivity contribution in [3.05, 3.63) is 0 Å². The summed E-state index contributed by atoms with van der Waals surface area (Å²) in [7, 11) is 0. The lowest BCUT2D eigenvalue weighted by Crippen LogP contribution is -2.52. The van der Waals surface area contributed by atoms with Crippen molar-refractivity contribution in [2.75, 3.05) is 85.1 Å². The zero-order valence-electron chi connectivity index (χ0n) is 34.2. The van der Waals surface area contributed by atoms with Crippen LogP contribution in [-0.4, -0.2) is 168 Å². The third-order valence-electron chi connectivity index (χ3n) is 7.27. The van der Waals surface area contributed by atoms with Crippen LogP contribution in [0, 0.1) is 0 Å². The Balaban J connectivity index is 3.37. The highest BCUT2D eigenvalue weighted by Gasteiger charge is 2.28. The van der Waals surface area contributed by atoms with E-state index in [1.54, 1.807) is 20.8 Å². The molecule has 1 aliphatic heterocycles. The highest BCUT2D eigenvalue weighted by molar-refractivity contribution is 5.83. The molecule has 0 aromatic carbocycles. The van der Waals surface area contributed by atoms with Crippen LogP contribution in [0.5, 0.6) is 0 Å². The number of hydrogen-bond acceptors (Lipinski definition) is 13. The third kappa shape index (κ3) is 22.7. The van der Waals surface area contributed by atoms with Crippen molar-refractivity contribution in [3.63, 3.8) is 0 Å². The van der Waals surface area contributed by atoms with Gasteiger partial charge in [-0.1, -0.05) is 0 Å².